The Bertz CT molecular complexity index is 888. The van der Waals surface area contributed by atoms with Crippen LogP contribution in [0.25, 0.3) is 0 Å². The molecule has 30 heavy (non-hydrogen) atoms. The molecular formula is C19H18ClF3N4O3. The largest absolute Gasteiger partial charge is 0.573 e. The van der Waals surface area contributed by atoms with Crippen LogP contribution >= 0.6 is 11.6 Å². The van der Waals surface area contributed by atoms with Gasteiger partial charge in [-0.3, -0.25) is 15.6 Å². The van der Waals surface area contributed by atoms with E-state index >= 15 is 0 Å². The fourth-order valence-electron chi connectivity index (χ4n) is 2.89. The number of rotatable bonds is 7. The summed E-state index contributed by atoms with van der Waals surface area (Å²) in [4.78, 5) is 11.9. The van der Waals surface area contributed by atoms with Crippen LogP contribution in [-0.2, 0) is 4.79 Å². The summed E-state index contributed by atoms with van der Waals surface area (Å²) in [6.45, 7) is 0. The molecule has 1 aromatic carbocycles. The maximum Gasteiger partial charge on any atom is 0.573 e. The van der Waals surface area contributed by atoms with Gasteiger partial charge in [-0.2, -0.15) is 5.26 Å². The topological polar surface area (TPSA) is 119 Å². The van der Waals surface area contributed by atoms with Crippen LogP contribution in [0.15, 0.2) is 30.4 Å². The maximum atomic E-state index is 12.5. The Morgan fingerprint density at radius 1 is 1.23 bits per heavy atom. The van der Waals surface area contributed by atoms with E-state index in [0.717, 1.165) is 18.2 Å². The smallest absolute Gasteiger partial charge is 0.490 e. The van der Waals surface area contributed by atoms with Crippen molar-refractivity contribution in [1.29, 1.82) is 16.1 Å². The highest BCUT2D eigenvalue weighted by Gasteiger charge is 2.32. The summed E-state index contributed by atoms with van der Waals surface area (Å²) in [5.41, 5.74) is -0.583. The van der Waals surface area contributed by atoms with Crippen molar-refractivity contribution in [3.8, 4) is 17.6 Å². The molecule has 11 heteroatoms. The molecule has 3 N–H and O–H groups in total. The quantitative estimate of drug-likeness (QED) is 0.552. The number of benzene rings is 1. The summed E-state index contributed by atoms with van der Waals surface area (Å²) in [6, 6.07) is 5.09. The lowest BCUT2D eigenvalue weighted by molar-refractivity contribution is -0.274. The Hall–Kier alpha value is -3.06. The van der Waals surface area contributed by atoms with Crippen LogP contribution in [0.3, 0.4) is 0 Å². The number of hydrogen-bond acceptors (Lipinski definition) is 6. The molecule has 0 radical (unpaired) electrons. The number of hydrogen-bond donors (Lipinski definition) is 3. The summed E-state index contributed by atoms with van der Waals surface area (Å²) < 4.78 is 47.1. The number of carbonyl (C=O) groups excluding carboxylic acids is 1. The number of carbonyl (C=O) groups is 1. The number of nitrogens with one attached hydrogen (secondary N) is 3. The highest BCUT2D eigenvalue weighted by atomic mass is 35.5. The van der Waals surface area contributed by atoms with Crippen molar-refractivity contribution in [1.82, 2.24) is 5.32 Å². The molecule has 1 saturated carbocycles. The first-order valence-corrected chi connectivity index (χ1v) is 9.23. The van der Waals surface area contributed by atoms with Gasteiger partial charge in [0.25, 0.3) is 5.91 Å². The van der Waals surface area contributed by atoms with Crippen LogP contribution in [0.4, 0.5) is 13.2 Å². The predicted molar refractivity (Wildman–Crippen MR) is 103 cm³/mol. The van der Waals surface area contributed by atoms with Gasteiger partial charge in [0.15, 0.2) is 5.75 Å². The van der Waals surface area contributed by atoms with Gasteiger partial charge in [-0.15, -0.1) is 13.2 Å². The van der Waals surface area contributed by atoms with Gasteiger partial charge in [-0.1, -0.05) is 11.6 Å². The van der Waals surface area contributed by atoms with Gasteiger partial charge in [0.05, 0.1) is 11.7 Å². The molecule has 0 aromatic heterocycles. The van der Waals surface area contributed by atoms with Crippen LogP contribution in [0.1, 0.15) is 31.2 Å². The molecule has 0 saturated heterocycles. The minimum Gasteiger partial charge on any atom is -0.490 e. The van der Waals surface area contributed by atoms with Crippen molar-refractivity contribution in [3.63, 3.8) is 0 Å². The molecule has 1 aromatic rings. The molecule has 1 amide bonds. The van der Waals surface area contributed by atoms with Gasteiger partial charge in [-0.25, -0.2) is 0 Å². The Kier molecular flexibility index (Phi) is 7.83. The molecule has 0 bridgehead atoms. The van der Waals surface area contributed by atoms with Crippen LogP contribution in [0.5, 0.6) is 11.5 Å². The third-order valence-electron chi connectivity index (χ3n) is 4.25. The predicted octanol–water partition coefficient (Wildman–Crippen LogP) is 4.06. The molecule has 7 nitrogen and oxygen atoms in total. The zero-order chi connectivity index (χ0) is 22.3. The molecule has 0 aliphatic heterocycles. The SMILES string of the molecule is N#Cc1ccc(OC2CCC(NC(=O)C(=N)/C=C\C(=N)Cl)CC2)cc1OC(F)(F)F. The van der Waals surface area contributed by atoms with Gasteiger partial charge in [-0.05, 0) is 50.0 Å². The van der Waals surface area contributed by atoms with Crippen LogP contribution in [0.2, 0.25) is 0 Å². The van der Waals surface area contributed by atoms with Gasteiger partial charge in [0.1, 0.15) is 22.7 Å². The Labute approximate surface area is 175 Å². The fourth-order valence-corrected chi connectivity index (χ4v) is 2.95. The fraction of sp³-hybridized carbons (Fsp3) is 0.368. The zero-order valence-corrected chi connectivity index (χ0v) is 16.3. The molecule has 0 atom stereocenters. The molecule has 0 heterocycles. The molecule has 0 unspecified atom stereocenters. The first kappa shape index (κ1) is 23.2. The van der Waals surface area contributed by atoms with E-state index in [2.05, 4.69) is 10.1 Å². The van der Waals surface area contributed by atoms with E-state index in [1.807, 2.05) is 0 Å². The Morgan fingerprint density at radius 2 is 1.90 bits per heavy atom. The summed E-state index contributed by atoms with van der Waals surface area (Å²) in [7, 11) is 0. The van der Waals surface area contributed by atoms with E-state index in [1.165, 1.54) is 12.1 Å². The van der Waals surface area contributed by atoms with Gasteiger partial charge < -0.3 is 14.8 Å². The zero-order valence-electron chi connectivity index (χ0n) is 15.6. The number of amides is 1. The Morgan fingerprint density at radius 3 is 2.47 bits per heavy atom. The summed E-state index contributed by atoms with van der Waals surface area (Å²) in [6.07, 6.45) is -0.755. The number of allylic oxidation sites excluding steroid dienone is 1. The van der Waals surface area contributed by atoms with E-state index in [4.69, 9.17) is 32.4 Å². The monoisotopic (exact) mass is 442 g/mol. The van der Waals surface area contributed by atoms with Crippen LogP contribution in [0, 0.1) is 22.1 Å². The average Bonchev–Trinajstić information content (AvgIpc) is 2.66. The first-order chi connectivity index (χ1) is 14.1. The summed E-state index contributed by atoms with van der Waals surface area (Å²) >= 11 is 5.33. The first-order valence-electron chi connectivity index (χ1n) is 8.85. The van der Waals surface area contributed by atoms with Gasteiger partial charge >= 0.3 is 6.36 Å². The number of nitriles is 1. The second kappa shape index (κ2) is 10.1. The summed E-state index contributed by atoms with van der Waals surface area (Å²) in [5.74, 6) is -1.06. The van der Waals surface area contributed by atoms with Crippen molar-refractivity contribution < 1.29 is 27.4 Å². The lowest BCUT2D eigenvalue weighted by Crippen LogP contribution is -2.42. The van der Waals surface area contributed by atoms with Crippen LogP contribution in [-0.4, -0.2) is 35.3 Å². The highest BCUT2D eigenvalue weighted by molar-refractivity contribution is 6.67. The van der Waals surface area contributed by atoms with Gasteiger partial charge in [0.2, 0.25) is 0 Å². The molecular weight excluding hydrogens is 425 g/mol. The van der Waals surface area contributed by atoms with Gasteiger partial charge in [0, 0.05) is 12.1 Å². The molecule has 160 valence electrons. The van der Waals surface area contributed by atoms with E-state index in [-0.39, 0.29) is 34.3 Å². The average molecular weight is 443 g/mol. The lowest BCUT2D eigenvalue weighted by atomic mass is 9.92. The van der Waals surface area contributed by atoms with Crippen molar-refractivity contribution in [2.24, 2.45) is 0 Å². The van der Waals surface area contributed by atoms with E-state index in [0.29, 0.717) is 25.7 Å². The molecule has 0 spiro atoms. The third-order valence-corrected chi connectivity index (χ3v) is 4.38. The molecule has 1 aliphatic carbocycles. The molecule has 2 rings (SSSR count). The second-order valence-electron chi connectivity index (χ2n) is 6.48. The van der Waals surface area contributed by atoms with E-state index in [9.17, 15) is 18.0 Å². The van der Waals surface area contributed by atoms with E-state index < -0.39 is 18.0 Å². The van der Waals surface area contributed by atoms with Crippen molar-refractivity contribution in [2.75, 3.05) is 0 Å². The lowest BCUT2D eigenvalue weighted by Gasteiger charge is -2.29. The van der Waals surface area contributed by atoms with E-state index in [1.54, 1.807) is 6.07 Å². The van der Waals surface area contributed by atoms with Crippen molar-refractivity contribution >= 4 is 28.4 Å². The highest BCUT2D eigenvalue weighted by Crippen LogP contribution is 2.31. The standard InChI is InChI=1S/C19H18ClF3N4O3/c20-17(26)8-7-15(25)18(28)27-12-2-5-13(6-3-12)29-14-4-1-11(10-24)16(9-14)30-19(21,22)23/h1,4,7-9,12-13,25-26H,2-3,5-6H2,(H,27,28)/b8-7-,25-15?,26-17?. The maximum absolute atomic E-state index is 12.5. The minimum absolute atomic E-state index is 0.149. The molecule has 1 aliphatic rings. The number of halogens is 4. The second-order valence-corrected chi connectivity index (χ2v) is 6.88. The number of nitrogens with zero attached hydrogens (tertiary/aromatic N) is 1. The minimum atomic E-state index is -4.92. The number of ether oxygens (including phenoxy) is 2. The summed E-state index contributed by atoms with van der Waals surface area (Å²) in [5, 5.41) is 26.0. The Balaban J connectivity index is 1.90. The van der Waals surface area contributed by atoms with Crippen molar-refractivity contribution in [3.05, 3.63) is 35.9 Å². The molecule has 1 fully saturated rings. The normalized spacial score (nSPS) is 19.0. The van der Waals surface area contributed by atoms with Crippen LogP contribution < -0.4 is 14.8 Å². The third kappa shape index (κ3) is 7.40. The van der Waals surface area contributed by atoms with Crippen molar-refractivity contribution in [2.45, 2.75) is 44.2 Å². The number of alkyl halides is 3.